The van der Waals surface area contributed by atoms with Gasteiger partial charge in [-0.25, -0.2) is 4.79 Å². The molecule has 1 fully saturated rings. The Morgan fingerprint density at radius 3 is 2.49 bits per heavy atom. The molecule has 188 valence electrons. The predicted molar refractivity (Wildman–Crippen MR) is 133 cm³/mol. The Bertz CT molecular complexity index is 1090. The van der Waals surface area contributed by atoms with Gasteiger partial charge in [0.15, 0.2) is 6.10 Å². The van der Waals surface area contributed by atoms with Crippen LogP contribution in [0.2, 0.25) is 0 Å². The number of β-lactam (4-membered cyclic amide) rings is 1. The van der Waals surface area contributed by atoms with E-state index in [2.05, 4.69) is 21.2 Å². The van der Waals surface area contributed by atoms with Crippen LogP contribution in [0.3, 0.4) is 0 Å². The molecule has 3 rings (SSSR count). The number of amides is 2. The van der Waals surface area contributed by atoms with Crippen LogP contribution in [0.1, 0.15) is 18.6 Å². The second-order valence-corrected chi connectivity index (χ2v) is 11.4. The maximum absolute atomic E-state index is 13.0. The molecule has 9 nitrogen and oxygen atoms in total. The van der Waals surface area contributed by atoms with Gasteiger partial charge in [-0.2, -0.15) is 0 Å². The minimum atomic E-state index is -1.90. The number of esters is 2. The molecule has 2 aliphatic rings. The maximum Gasteiger partial charge on any atom is 0.355 e. The number of nitrogens with one attached hydrogen (secondary N) is 1. The van der Waals surface area contributed by atoms with E-state index in [1.807, 2.05) is 0 Å². The number of carbonyl (C=O) groups is 4. The van der Waals surface area contributed by atoms with Crippen LogP contribution in [0.5, 0.6) is 0 Å². The highest BCUT2D eigenvalue weighted by atomic mass is 79.9. The minimum absolute atomic E-state index is 0.190. The molecule has 0 saturated carbocycles. The zero-order valence-electron chi connectivity index (χ0n) is 17.9. The zero-order valence-corrected chi connectivity index (χ0v) is 22.5. The molecule has 35 heavy (non-hydrogen) atoms. The molecule has 3 atom stereocenters. The number of carbonyl (C=O) groups excluding carboxylic acids is 4. The van der Waals surface area contributed by atoms with Gasteiger partial charge in [0.2, 0.25) is 3.79 Å². The molecular weight excluding hydrogens is 611 g/mol. The lowest BCUT2D eigenvalue weighted by molar-refractivity contribution is -0.153. The number of benzene rings is 1. The number of rotatable bonds is 7. The lowest BCUT2D eigenvalue weighted by atomic mass is 10.0. The molecule has 2 N–H and O–H groups in total. The number of ether oxygens (including phenoxy) is 2. The summed E-state index contributed by atoms with van der Waals surface area (Å²) in [4.78, 5) is 53.0. The molecule has 2 amide bonds. The minimum Gasteiger partial charge on any atom is -0.461 e. The van der Waals surface area contributed by atoms with Crippen LogP contribution in [-0.4, -0.2) is 62.2 Å². The van der Waals surface area contributed by atoms with Gasteiger partial charge in [0.25, 0.3) is 11.8 Å². The van der Waals surface area contributed by atoms with Gasteiger partial charge in [0.05, 0.1) is 0 Å². The third-order valence-electron chi connectivity index (χ3n) is 4.86. The SMILES string of the molecule is CC(=O)OCC1=C(C(=O)OCC(Cl)(Cl)Cl)N2C(=O)C(NC(=O)C(O)c3ccccc3)[C@@H]2SC1=CBr. The van der Waals surface area contributed by atoms with E-state index < -0.39 is 51.7 Å². The molecule has 1 aromatic rings. The van der Waals surface area contributed by atoms with Crippen LogP contribution in [0.4, 0.5) is 0 Å². The third-order valence-corrected chi connectivity index (χ3v) is 7.29. The van der Waals surface area contributed by atoms with Gasteiger partial charge < -0.3 is 19.9 Å². The first-order valence-corrected chi connectivity index (χ1v) is 12.8. The van der Waals surface area contributed by atoms with E-state index in [4.69, 9.17) is 44.3 Å². The van der Waals surface area contributed by atoms with E-state index in [-0.39, 0.29) is 17.9 Å². The molecule has 0 aromatic heterocycles. The number of fused-ring (bicyclic) bond motifs is 1. The summed E-state index contributed by atoms with van der Waals surface area (Å²) in [6.45, 7) is 0.256. The predicted octanol–water partition coefficient (Wildman–Crippen LogP) is 3.09. The second-order valence-electron chi connectivity index (χ2n) is 7.29. The van der Waals surface area contributed by atoms with Gasteiger partial charge in [-0.1, -0.05) is 92.8 Å². The van der Waals surface area contributed by atoms with Crippen molar-refractivity contribution in [2.45, 2.75) is 28.2 Å². The Labute approximate surface area is 227 Å². The number of halogens is 4. The zero-order chi connectivity index (χ0) is 25.9. The Morgan fingerprint density at radius 1 is 1.26 bits per heavy atom. The summed E-state index contributed by atoms with van der Waals surface area (Å²) in [5.41, 5.74) is 0.328. The fourth-order valence-corrected chi connectivity index (χ4v) is 5.29. The first-order chi connectivity index (χ1) is 16.4. The van der Waals surface area contributed by atoms with Crippen molar-refractivity contribution >= 4 is 86.2 Å². The number of aliphatic hydroxyl groups is 1. The fourth-order valence-electron chi connectivity index (χ4n) is 3.28. The van der Waals surface area contributed by atoms with Crippen LogP contribution in [0.15, 0.2) is 51.5 Å². The molecule has 2 unspecified atom stereocenters. The van der Waals surface area contributed by atoms with E-state index in [0.29, 0.717) is 10.5 Å². The van der Waals surface area contributed by atoms with Gasteiger partial charge in [-0.15, -0.1) is 0 Å². The van der Waals surface area contributed by atoms with Crippen LogP contribution in [0, 0.1) is 0 Å². The molecule has 2 aliphatic heterocycles. The number of thioether (sulfide) groups is 1. The summed E-state index contributed by atoms with van der Waals surface area (Å²) in [6, 6.07) is 7.15. The van der Waals surface area contributed by atoms with E-state index in [1.54, 1.807) is 30.3 Å². The summed E-state index contributed by atoms with van der Waals surface area (Å²) in [7, 11) is 0. The van der Waals surface area contributed by atoms with Crippen LogP contribution in [0.25, 0.3) is 0 Å². The maximum atomic E-state index is 13.0. The molecule has 1 saturated heterocycles. The van der Waals surface area contributed by atoms with E-state index in [1.165, 1.54) is 11.9 Å². The Hall–Kier alpha value is -1.76. The Balaban J connectivity index is 1.87. The highest BCUT2D eigenvalue weighted by Crippen LogP contribution is 2.47. The van der Waals surface area contributed by atoms with Crippen molar-refractivity contribution in [1.29, 1.82) is 0 Å². The number of aliphatic hydroxyl groups excluding tert-OH is 1. The van der Waals surface area contributed by atoms with Crippen molar-refractivity contribution in [2.24, 2.45) is 0 Å². The van der Waals surface area contributed by atoms with Crippen molar-refractivity contribution in [3.63, 3.8) is 0 Å². The quantitative estimate of drug-likeness (QED) is 0.269. The Kier molecular flexibility index (Phi) is 9.16. The average Bonchev–Trinajstić information content (AvgIpc) is 2.82. The van der Waals surface area contributed by atoms with E-state index >= 15 is 0 Å². The third kappa shape index (κ3) is 6.52. The van der Waals surface area contributed by atoms with E-state index in [9.17, 15) is 24.3 Å². The number of hydrogen-bond donors (Lipinski definition) is 2. The van der Waals surface area contributed by atoms with Crippen molar-refractivity contribution in [2.75, 3.05) is 13.2 Å². The first-order valence-electron chi connectivity index (χ1n) is 9.89. The largest absolute Gasteiger partial charge is 0.461 e. The molecule has 1 aromatic carbocycles. The van der Waals surface area contributed by atoms with Crippen LogP contribution < -0.4 is 5.32 Å². The summed E-state index contributed by atoms with van der Waals surface area (Å²) >= 11 is 21.4. The van der Waals surface area contributed by atoms with Gasteiger partial charge >= 0.3 is 11.9 Å². The lowest BCUT2D eigenvalue weighted by Crippen LogP contribution is -2.70. The van der Waals surface area contributed by atoms with Crippen LogP contribution >= 0.6 is 62.5 Å². The smallest absolute Gasteiger partial charge is 0.355 e. The standard InChI is InChI=1S/C21H18BrCl3N2O7S/c1-10(28)33-8-12-13(7-22)35-19-14(26-17(30)16(29)11-5-3-2-4-6-11)18(31)27(19)15(12)20(32)34-9-21(23,24)25/h2-7,14,16,19,29H,8-9H2,1H3,(H,26,30)/t14?,16?,19-/m0/s1. The Morgan fingerprint density at radius 2 is 1.91 bits per heavy atom. The monoisotopic (exact) mass is 626 g/mol. The average molecular weight is 629 g/mol. The number of hydrogen-bond acceptors (Lipinski definition) is 8. The topological polar surface area (TPSA) is 122 Å². The molecule has 0 radical (unpaired) electrons. The summed E-state index contributed by atoms with van der Waals surface area (Å²) in [6.07, 6.45) is -1.50. The molecular formula is C21H18BrCl3N2O7S. The summed E-state index contributed by atoms with van der Waals surface area (Å²) < 4.78 is 8.24. The first kappa shape index (κ1) is 27.8. The normalized spacial score (nSPS) is 21.7. The van der Waals surface area contributed by atoms with Gasteiger partial charge in [-0.3, -0.25) is 19.3 Å². The van der Waals surface area contributed by atoms with Crippen molar-refractivity contribution < 1.29 is 33.8 Å². The van der Waals surface area contributed by atoms with Crippen molar-refractivity contribution in [3.05, 3.63) is 57.1 Å². The molecule has 0 spiro atoms. The summed E-state index contributed by atoms with van der Waals surface area (Å²) in [5, 5.41) is 12.1. The fraction of sp³-hybridized carbons (Fsp3) is 0.333. The number of alkyl halides is 3. The van der Waals surface area contributed by atoms with Gasteiger partial charge in [0, 0.05) is 17.4 Å². The highest BCUT2D eigenvalue weighted by Gasteiger charge is 2.56. The van der Waals surface area contributed by atoms with Crippen molar-refractivity contribution in [3.8, 4) is 0 Å². The molecule has 2 heterocycles. The summed E-state index contributed by atoms with van der Waals surface area (Å²) in [5.74, 6) is -3.01. The number of nitrogens with zero attached hydrogens (tertiary/aromatic N) is 1. The molecule has 0 aliphatic carbocycles. The molecule has 14 heteroatoms. The molecule has 0 bridgehead atoms. The lowest BCUT2D eigenvalue weighted by Gasteiger charge is -2.50. The van der Waals surface area contributed by atoms with Gasteiger partial charge in [0.1, 0.15) is 30.3 Å². The second kappa shape index (κ2) is 11.5. The van der Waals surface area contributed by atoms with Crippen LogP contribution in [-0.2, 0) is 28.7 Å². The highest BCUT2D eigenvalue weighted by molar-refractivity contribution is 9.11. The van der Waals surface area contributed by atoms with E-state index in [0.717, 1.165) is 16.7 Å². The van der Waals surface area contributed by atoms with Crippen molar-refractivity contribution in [1.82, 2.24) is 10.2 Å². The van der Waals surface area contributed by atoms with Gasteiger partial charge in [-0.05, 0) is 10.5 Å².